The minimum absolute atomic E-state index is 0.0901. The van der Waals surface area contributed by atoms with Crippen LogP contribution in [-0.2, 0) is 14.3 Å². The predicted octanol–water partition coefficient (Wildman–Crippen LogP) is 3.39. The van der Waals surface area contributed by atoms with Gasteiger partial charge in [-0.15, -0.1) is 0 Å². The van der Waals surface area contributed by atoms with Crippen LogP contribution < -0.4 is 0 Å². The minimum atomic E-state index is 0.0901. The molecule has 0 aromatic rings. The lowest BCUT2D eigenvalue weighted by molar-refractivity contribution is -0.147. The van der Waals surface area contributed by atoms with E-state index in [0.29, 0.717) is 17.3 Å². The Bertz CT molecular complexity index is 537. The molecular formula is C21H33NO3. The molecular weight excluding hydrogens is 314 g/mol. The van der Waals surface area contributed by atoms with Crippen molar-refractivity contribution in [3.63, 3.8) is 0 Å². The van der Waals surface area contributed by atoms with Gasteiger partial charge in [0.15, 0.2) is 0 Å². The molecule has 3 saturated heterocycles. The highest BCUT2D eigenvalue weighted by molar-refractivity contribution is 5.75. The van der Waals surface area contributed by atoms with E-state index in [1.807, 2.05) is 0 Å². The van der Waals surface area contributed by atoms with E-state index in [-0.39, 0.29) is 23.6 Å². The van der Waals surface area contributed by atoms with Crippen LogP contribution in [0.3, 0.4) is 0 Å². The number of ether oxygens (including phenoxy) is 2. The van der Waals surface area contributed by atoms with Gasteiger partial charge >= 0.3 is 5.97 Å². The van der Waals surface area contributed by atoms with Crippen LogP contribution in [0.15, 0.2) is 0 Å². The summed E-state index contributed by atoms with van der Waals surface area (Å²) in [4.78, 5) is 15.2. The fourth-order valence-corrected chi connectivity index (χ4v) is 6.76. The maximum atomic E-state index is 12.7. The summed E-state index contributed by atoms with van der Waals surface area (Å²) in [7, 11) is 0. The molecule has 3 heterocycles. The van der Waals surface area contributed by atoms with Gasteiger partial charge in [-0.1, -0.05) is 19.8 Å². The summed E-state index contributed by atoms with van der Waals surface area (Å²) in [5, 5.41) is 0. The van der Waals surface area contributed by atoms with E-state index in [1.54, 1.807) is 0 Å². The Morgan fingerprint density at radius 3 is 2.60 bits per heavy atom. The summed E-state index contributed by atoms with van der Waals surface area (Å²) in [6.07, 6.45) is 11.4. The van der Waals surface area contributed by atoms with Crippen molar-refractivity contribution < 1.29 is 14.3 Å². The lowest BCUT2D eigenvalue weighted by Gasteiger charge is -2.51. The Balaban J connectivity index is 1.34. The van der Waals surface area contributed by atoms with Gasteiger partial charge in [0.25, 0.3) is 0 Å². The van der Waals surface area contributed by atoms with Crippen molar-refractivity contribution in [2.24, 2.45) is 23.2 Å². The van der Waals surface area contributed by atoms with Gasteiger partial charge in [0, 0.05) is 12.5 Å². The van der Waals surface area contributed by atoms with Crippen LogP contribution in [0.4, 0.5) is 0 Å². The maximum absolute atomic E-state index is 12.7. The van der Waals surface area contributed by atoms with Crippen LogP contribution in [0.1, 0.15) is 64.7 Å². The van der Waals surface area contributed by atoms with Crippen LogP contribution in [0, 0.1) is 23.2 Å². The zero-order valence-electron chi connectivity index (χ0n) is 15.7. The monoisotopic (exact) mass is 347 g/mol. The number of nitrogens with zero attached hydrogens (tertiary/aromatic N) is 1. The number of rotatable bonds is 2. The number of carbonyl (C=O) groups is 1. The molecule has 2 aliphatic carbocycles. The Morgan fingerprint density at radius 2 is 1.88 bits per heavy atom. The van der Waals surface area contributed by atoms with Gasteiger partial charge in [-0.05, 0) is 69.4 Å². The molecule has 0 N–H and O–H groups in total. The lowest BCUT2D eigenvalue weighted by atomic mass is 9.53. The summed E-state index contributed by atoms with van der Waals surface area (Å²) < 4.78 is 12.0. The Labute approximate surface area is 151 Å². The van der Waals surface area contributed by atoms with E-state index in [4.69, 9.17) is 9.47 Å². The molecule has 2 unspecified atom stereocenters. The number of epoxide rings is 1. The highest BCUT2D eigenvalue weighted by Gasteiger charge is 2.65. The zero-order valence-corrected chi connectivity index (χ0v) is 15.7. The van der Waals surface area contributed by atoms with Gasteiger partial charge < -0.3 is 14.4 Å². The minimum Gasteiger partial charge on any atom is -0.462 e. The van der Waals surface area contributed by atoms with Crippen LogP contribution in [-0.4, -0.2) is 48.8 Å². The van der Waals surface area contributed by atoms with Gasteiger partial charge in [-0.25, -0.2) is 0 Å². The van der Waals surface area contributed by atoms with Crippen LogP contribution in [0.2, 0.25) is 0 Å². The van der Waals surface area contributed by atoms with Crippen LogP contribution in [0.5, 0.6) is 0 Å². The molecule has 4 nitrogen and oxygen atoms in total. The summed E-state index contributed by atoms with van der Waals surface area (Å²) in [6, 6.07) is 0. The third-order valence-corrected chi connectivity index (χ3v) is 8.23. The lowest BCUT2D eigenvalue weighted by Crippen LogP contribution is -2.51. The third kappa shape index (κ3) is 2.75. The summed E-state index contributed by atoms with van der Waals surface area (Å²) >= 11 is 0. The molecule has 0 radical (unpaired) electrons. The topological polar surface area (TPSA) is 42.1 Å². The first-order valence-electron chi connectivity index (χ1n) is 10.7. The second-order valence-electron chi connectivity index (χ2n) is 9.81. The number of carbonyl (C=O) groups excluding carboxylic acids is 1. The van der Waals surface area contributed by atoms with Crippen molar-refractivity contribution in [1.29, 1.82) is 0 Å². The maximum Gasteiger partial charge on any atom is 0.310 e. The highest BCUT2D eigenvalue weighted by atomic mass is 16.6. The molecule has 5 rings (SSSR count). The van der Waals surface area contributed by atoms with E-state index in [9.17, 15) is 4.79 Å². The van der Waals surface area contributed by atoms with Gasteiger partial charge in [-0.2, -0.15) is 0 Å². The molecule has 2 saturated carbocycles. The molecule has 0 aromatic heterocycles. The van der Waals surface area contributed by atoms with Crippen molar-refractivity contribution in [3.8, 4) is 0 Å². The fraction of sp³-hybridized carbons (Fsp3) is 0.952. The summed E-state index contributed by atoms with van der Waals surface area (Å²) in [5.41, 5.74) is 0.477. The standard InChI is InChI=1S/C21H33NO3/c1-20-7-6-8-21(14-24-21)18(20)11-15-16(19(23)25-17(15)12-20)13-22-9-4-2-3-5-10-22/h15-18H,2-14H2,1H3/t15-,16?,17-,18?,20-,21+/m1/s1. The molecule has 5 aliphatic rings. The molecule has 0 aromatic carbocycles. The van der Waals surface area contributed by atoms with E-state index in [0.717, 1.165) is 39.1 Å². The fourth-order valence-electron chi connectivity index (χ4n) is 6.76. The third-order valence-electron chi connectivity index (χ3n) is 8.23. The van der Waals surface area contributed by atoms with Gasteiger partial charge in [-0.3, -0.25) is 4.79 Å². The largest absolute Gasteiger partial charge is 0.462 e. The van der Waals surface area contributed by atoms with Crippen molar-refractivity contribution in [3.05, 3.63) is 0 Å². The molecule has 25 heavy (non-hydrogen) atoms. The number of esters is 1. The van der Waals surface area contributed by atoms with Crippen molar-refractivity contribution in [2.75, 3.05) is 26.2 Å². The first kappa shape index (κ1) is 16.6. The smallest absolute Gasteiger partial charge is 0.310 e. The van der Waals surface area contributed by atoms with Crippen LogP contribution in [0.25, 0.3) is 0 Å². The molecule has 5 fully saturated rings. The Hall–Kier alpha value is -0.610. The van der Waals surface area contributed by atoms with E-state index in [2.05, 4.69) is 11.8 Å². The highest BCUT2D eigenvalue weighted by Crippen LogP contribution is 2.62. The molecule has 4 heteroatoms. The Morgan fingerprint density at radius 1 is 1.12 bits per heavy atom. The molecule has 6 atom stereocenters. The zero-order chi connectivity index (χ0) is 17.1. The van der Waals surface area contributed by atoms with Gasteiger partial charge in [0.05, 0.1) is 18.1 Å². The normalized spacial score (nSPS) is 50.0. The first-order valence-corrected chi connectivity index (χ1v) is 10.7. The number of hydrogen-bond acceptors (Lipinski definition) is 4. The number of fused-ring (bicyclic) bond motifs is 3. The number of hydrogen-bond donors (Lipinski definition) is 0. The molecule has 3 aliphatic heterocycles. The number of likely N-dealkylation sites (tertiary alicyclic amines) is 1. The predicted molar refractivity (Wildman–Crippen MR) is 95.1 cm³/mol. The Kier molecular flexibility index (Phi) is 3.94. The van der Waals surface area contributed by atoms with Crippen molar-refractivity contribution in [2.45, 2.75) is 76.4 Å². The van der Waals surface area contributed by atoms with Crippen molar-refractivity contribution in [1.82, 2.24) is 4.90 Å². The van der Waals surface area contributed by atoms with E-state index in [1.165, 1.54) is 44.9 Å². The average molecular weight is 347 g/mol. The molecule has 140 valence electrons. The van der Waals surface area contributed by atoms with Gasteiger partial charge in [0.2, 0.25) is 0 Å². The summed E-state index contributed by atoms with van der Waals surface area (Å²) in [5.74, 6) is 1.25. The SMILES string of the molecule is C[C@]12CCC[C@]3(CO3)C1C[C@@H]1C(CN3CCCCCC3)C(=O)O[C@@H]1C2. The summed E-state index contributed by atoms with van der Waals surface area (Å²) in [6.45, 7) is 6.64. The van der Waals surface area contributed by atoms with E-state index < -0.39 is 0 Å². The quantitative estimate of drug-likeness (QED) is 0.567. The average Bonchev–Trinajstić information content (AvgIpc) is 3.32. The van der Waals surface area contributed by atoms with Crippen molar-refractivity contribution >= 4 is 5.97 Å². The van der Waals surface area contributed by atoms with Crippen LogP contribution >= 0.6 is 0 Å². The molecule has 0 amide bonds. The van der Waals surface area contributed by atoms with E-state index >= 15 is 0 Å². The van der Waals surface area contributed by atoms with Gasteiger partial charge in [0.1, 0.15) is 6.10 Å². The second-order valence-corrected chi connectivity index (χ2v) is 9.81. The second kappa shape index (κ2) is 5.95. The first-order chi connectivity index (χ1) is 12.1. The molecule has 1 spiro atoms. The molecule has 0 bridgehead atoms.